The molecule has 1 aliphatic rings. The van der Waals surface area contributed by atoms with Crippen molar-refractivity contribution in [2.45, 2.75) is 46.1 Å². The third-order valence-electron chi connectivity index (χ3n) is 2.70. The highest BCUT2D eigenvalue weighted by Gasteiger charge is 2.30. The van der Waals surface area contributed by atoms with Gasteiger partial charge < -0.3 is 11.1 Å². The Kier molecular flexibility index (Phi) is 3.53. The second kappa shape index (κ2) is 4.30. The summed E-state index contributed by atoms with van der Waals surface area (Å²) >= 11 is 0. The Morgan fingerprint density at radius 3 is 2.50 bits per heavy atom. The molecule has 1 rings (SSSR count). The summed E-state index contributed by atoms with van der Waals surface area (Å²) in [5, 5.41) is 2.98. The fourth-order valence-corrected chi connectivity index (χ4v) is 1.80. The average Bonchev–Trinajstić information content (AvgIpc) is 2.46. The molecule has 0 spiro atoms. The third-order valence-corrected chi connectivity index (χ3v) is 2.70. The van der Waals surface area contributed by atoms with Crippen LogP contribution in [0.4, 0.5) is 0 Å². The second-order valence-corrected chi connectivity index (χ2v) is 5.48. The Bertz CT molecular complexity index is 208. The Morgan fingerprint density at radius 1 is 1.43 bits per heavy atom. The molecule has 14 heavy (non-hydrogen) atoms. The van der Waals surface area contributed by atoms with Crippen LogP contribution in [0.25, 0.3) is 0 Å². The quantitative estimate of drug-likeness (QED) is 0.702. The molecular weight excluding hydrogens is 176 g/mol. The maximum Gasteiger partial charge on any atom is 0.224 e. The van der Waals surface area contributed by atoms with Gasteiger partial charge in [-0.05, 0) is 18.3 Å². The second-order valence-electron chi connectivity index (χ2n) is 5.48. The first-order valence-electron chi connectivity index (χ1n) is 5.43. The van der Waals surface area contributed by atoms with Crippen molar-refractivity contribution in [3.63, 3.8) is 0 Å². The monoisotopic (exact) mass is 198 g/mol. The number of nitrogens with two attached hydrogens (primary N) is 1. The molecule has 1 saturated carbocycles. The molecule has 3 nitrogen and oxygen atoms in total. The van der Waals surface area contributed by atoms with Crippen LogP contribution >= 0.6 is 0 Å². The van der Waals surface area contributed by atoms with E-state index >= 15 is 0 Å². The van der Waals surface area contributed by atoms with E-state index in [1.807, 2.05) is 0 Å². The van der Waals surface area contributed by atoms with Crippen molar-refractivity contribution in [3.8, 4) is 0 Å². The van der Waals surface area contributed by atoms with E-state index in [1.165, 1.54) is 0 Å². The van der Waals surface area contributed by atoms with E-state index in [-0.39, 0.29) is 23.3 Å². The summed E-state index contributed by atoms with van der Waals surface area (Å²) in [7, 11) is 0. The van der Waals surface area contributed by atoms with E-state index in [0.717, 1.165) is 25.8 Å². The molecule has 0 aliphatic heterocycles. The molecular formula is C11H22N2O. The molecule has 0 aromatic rings. The van der Waals surface area contributed by atoms with Gasteiger partial charge in [0.1, 0.15) is 0 Å². The molecule has 0 aromatic heterocycles. The van der Waals surface area contributed by atoms with Crippen molar-refractivity contribution >= 4 is 5.91 Å². The molecule has 3 N–H and O–H groups in total. The lowest BCUT2D eigenvalue weighted by Crippen LogP contribution is -2.41. The fourth-order valence-electron chi connectivity index (χ4n) is 1.80. The summed E-state index contributed by atoms with van der Waals surface area (Å²) in [5.74, 6) is 0.197. The molecule has 0 radical (unpaired) electrons. The predicted molar refractivity (Wildman–Crippen MR) is 57.8 cm³/mol. The zero-order valence-corrected chi connectivity index (χ0v) is 9.47. The van der Waals surface area contributed by atoms with E-state index < -0.39 is 0 Å². The van der Waals surface area contributed by atoms with Gasteiger partial charge in [0.15, 0.2) is 0 Å². The molecule has 3 heteroatoms. The Labute approximate surface area is 86.4 Å². The van der Waals surface area contributed by atoms with Gasteiger partial charge in [-0.25, -0.2) is 0 Å². The van der Waals surface area contributed by atoms with Gasteiger partial charge in [0, 0.05) is 12.6 Å². The smallest absolute Gasteiger partial charge is 0.224 e. The summed E-state index contributed by atoms with van der Waals surface area (Å²) in [4.78, 5) is 11.7. The van der Waals surface area contributed by atoms with Crippen molar-refractivity contribution < 1.29 is 4.79 Å². The van der Waals surface area contributed by atoms with Gasteiger partial charge >= 0.3 is 0 Å². The van der Waals surface area contributed by atoms with Crippen LogP contribution in [0.1, 0.15) is 40.0 Å². The molecule has 0 heterocycles. The predicted octanol–water partition coefficient (Wildman–Crippen LogP) is 1.28. The van der Waals surface area contributed by atoms with Crippen LogP contribution < -0.4 is 11.1 Å². The molecule has 1 fully saturated rings. The minimum atomic E-state index is 0.0531. The lowest BCUT2D eigenvalue weighted by atomic mass is 9.96. The van der Waals surface area contributed by atoms with Crippen molar-refractivity contribution in [2.24, 2.45) is 17.1 Å². The van der Waals surface area contributed by atoms with Gasteiger partial charge in [-0.3, -0.25) is 4.79 Å². The maximum atomic E-state index is 11.7. The first-order chi connectivity index (χ1) is 6.40. The van der Waals surface area contributed by atoms with Gasteiger partial charge in [-0.1, -0.05) is 27.2 Å². The lowest BCUT2D eigenvalue weighted by Gasteiger charge is -2.21. The molecule has 82 valence electrons. The SMILES string of the molecule is CC(C)(C)CNC(=O)C1CCCC1N. The topological polar surface area (TPSA) is 55.1 Å². The molecule has 0 bridgehead atoms. The average molecular weight is 198 g/mol. The highest BCUT2D eigenvalue weighted by atomic mass is 16.1. The van der Waals surface area contributed by atoms with E-state index in [2.05, 4.69) is 26.1 Å². The molecule has 1 amide bonds. The van der Waals surface area contributed by atoms with Crippen LogP contribution in [0.2, 0.25) is 0 Å². The van der Waals surface area contributed by atoms with E-state index in [1.54, 1.807) is 0 Å². The van der Waals surface area contributed by atoms with Crippen molar-refractivity contribution in [1.82, 2.24) is 5.32 Å². The number of carbonyl (C=O) groups excluding carboxylic acids is 1. The lowest BCUT2D eigenvalue weighted by molar-refractivity contribution is -0.125. The van der Waals surface area contributed by atoms with Crippen LogP contribution in [-0.2, 0) is 4.79 Å². The van der Waals surface area contributed by atoms with Crippen LogP contribution in [0.15, 0.2) is 0 Å². The zero-order valence-electron chi connectivity index (χ0n) is 9.47. The summed E-state index contributed by atoms with van der Waals surface area (Å²) in [5.41, 5.74) is 6.01. The summed E-state index contributed by atoms with van der Waals surface area (Å²) in [6.07, 6.45) is 3.04. The third kappa shape index (κ3) is 3.29. The molecule has 2 unspecified atom stereocenters. The van der Waals surface area contributed by atoms with E-state index in [0.29, 0.717) is 0 Å². The van der Waals surface area contributed by atoms with Gasteiger partial charge in [-0.2, -0.15) is 0 Å². The number of amides is 1. The fraction of sp³-hybridized carbons (Fsp3) is 0.909. The standard InChI is InChI=1S/C11H22N2O/c1-11(2,3)7-13-10(14)8-5-4-6-9(8)12/h8-9H,4-7,12H2,1-3H3,(H,13,14). The Hall–Kier alpha value is -0.570. The minimum absolute atomic E-state index is 0.0531. The van der Waals surface area contributed by atoms with E-state index in [9.17, 15) is 4.79 Å². The van der Waals surface area contributed by atoms with Gasteiger partial charge in [0.05, 0.1) is 5.92 Å². The number of rotatable bonds is 2. The number of hydrogen-bond donors (Lipinski definition) is 2. The van der Waals surface area contributed by atoms with Gasteiger partial charge in [-0.15, -0.1) is 0 Å². The Balaban J connectivity index is 2.35. The zero-order chi connectivity index (χ0) is 10.8. The first-order valence-corrected chi connectivity index (χ1v) is 5.43. The summed E-state index contributed by atoms with van der Waals surface area (Å²) in [6, 6.07) is 0.0787. The number of nitrogens with one attached hydrogen (secondary N) is 1. The molecule has 0 saturated heterocycles. The number of hydrogen-bond acceptors (Lipinski definition) is 2. The van der Waals surface area contributed by atoms with Crippen molar-refractivity contribution in [3.05, 3.63) is 0 Å². The summed E-state index contributed by atoms with van der Waals surface area (Å²) < 4.78 is 0. The molecule has 0 aromatic carbocycles. The molecule has 2 atom stereocenters. The van der Waals surface area contributed by atoms with Crippen molar-refractivity contribution in [2.75, 3.05) is 6.54 Å². The van der Waals surface area contributed by atoms with Crippen LogP contribution in [0.5, 0.6) is 0 Å². The highest BCUT2D eigenvalue weighted by Crippen LogP contribution is 2.24. The van der Waals surface area contributed by atoms with Crippen LogP contribution in [0.3, 0.4) is 0 Å². The minimum Gasteiger partial charge on any atom is -0.355 e. The van der Waals surface area contributed by atoms with Crippen LogP contribution in [-0.4, -0.2) is 18.5 Å². The van der Waals surface area contributed by atoms with Gasteiger partial charge in [0.2, 0.25) is 5.91 Å². The normalized spacial score (nSPS) is 27.7. The summed E-state index contributed by atoms with van der Waals surface area (Å²) in [6.45, 7) is 7.07. The first kappa shape index (κ1) is 11.5. The van der Waals surface area contributed by atoms with Gasteiger partial charge in [0.25, 0.3) is 0 Å². The van der Waals surface area contributed by atoms with E-state index in [4.69, 9.17) is 5.73 Å². The molecule has 1 aliphatic carbocycles. The maximum absolute atomic E-state index is 11.7. The van der Waals surface area contributed by atoms with Crippen molar-refractivity contribution in [1.29, 1.82) is 0 Å². The Morgan fingerprint density at radius 2 is 2.07 bits per heavy atom. The number of carbonyl (C=O) groups is 1. The highest BCUT2D eigenvalue weighted by molar-refractivity contribution is 5.79. The van der Waals surface area contributed by atoms with Crippen LogP contribution in [0, 0.1) is 11.3 Å². The largest absolute Gasteiger partial charge is 0.355 e.